The summed E-state index contributed by atoms with van der Waals surface area (Å²) in [7, 11) is 1.82. The van der Waals surface area contributed by atoms with Crippen LogP contribution < -0.4 is 16.4 Å². The molecule has 2 aromatic heterocycles. The van der Waals surface area contributed by atoms with Gasteiger partial charge in [-0.1, -0.05) is 23.7 Å². The molecule has 1 amide bonds. The third kappa shape index (κ3) is 4.01. The number of alkyl halides is 1. The summed E-state index contributed by atoms with van der Waals surface area (Å²) >= 11 is 6.23. The normalized spacial score (nSPS) is 10.7. The van der Waals surface area contributed by atoms with Crippen molar-refractivity contribution < 1.29 is 9.18 Å². The molecule has 0 atom stereocenters. The Morgan fingerprint density at radius 2 is 2.11 bits per heavy atom. The summed E-state index contributed by atoms with van der Waals surface area (Å²) in [5, 5.41) is 10.7. The zero-order valence-electron chi connectivity index (χ0n) is 14.8. The Kier molecular flexibility index (Phi) is 5.27. The first-order valence-corrected chi connectivity index (χ1v) is 8.44. The van der Waals surface area contributed by atoms with Crippen LogP contribution in [-0.4, -0.2) is 20.7 Å². The third-order valence-electron chi connectivity index (χ3n) is 3.95. The lowest BCUT2D eigenvalue weighted by molar-refractivity contribution is 0.100. The van der Waals surface area contributed by atoms with Gasteiger partial charge in [-0.25, -0.2) is 9.37 Å². The van der Waals surface area contributed by atoms with E-state index >= 15 is 0 Å². The number of carbonyl (C=O) groups is 1. The van der Waals surface area contributed by atoms with Crippen LogP contribution in [0.1, 0.15) is 21.6 Å². The maximum atomic E-state index is 13.4. The first-order valence-electron chi connectivity index (χ1n) is 8.06. The highest BCUT2D eigenvalue weighted by atomic mass is 35.5. The Morgan fingerprint density at radius 1 is 1.33 bits per heavy atom. The molecule has 0 bridgehead atoms. The fourth-order valence-electron chi connectivity index (χ4n) is 2.66. The minimum atomic E-state index is -0.758. The number of nitrogens with two attached hydrogens (primary N) is 1. The van der Waals surface area contributed by atoms with E-state index in [1.165, 1.54) is 12.3 Å². The van der Waals surface area contributed by atoms with Crippen molar-refractivity contribution >= 4 is 40.4 Å². The number of rotatable bonds is 6. The van der Waals surface area contributed by atoms with Crippen molar-refractivity contribution in [3.05, 3.63) is 58.5 Å². The Balaban J connectivity index is 1.96. The molecule has 140 valence electrons. The maximum absolute atomic E-state index is 13.4. The second-order valence-corrected chi connectivity index (χ2v) is 6.35. The van der Waals surface area contributed by atoms with Crippen molar-refractivity contribution in [3.63, 3.8) is 0 Å². The van der Waals surface area contributed by atoms with Crippen LogP contribution in [0.3, 0.4) is 0 Å². The maximum Gasteiger partial charge on any atom is 0.250 e. The van der Waals surface area contributed by atoms with E-state index in [0.29, 0.717) is 22.1 Å². The zero-order chi connectivity index (χ0) is 19.6. The summed E-state index contributed by atoms with van der Waals surface area (Å²) in [4.78, 5) is 15.9. The molecule has 9 heteroatoms. The standard InChI is InChI=1S/C18H18ClFN6O/c1-10-15(9-26(2)25-10)23-16-6-14(13(19)8-22-16)24-17-11(7-20)4-3-5-12(17)18(21)27/h3-6,8-9H,7H2,1-2H3,(H2,21,27)(H2,22,23,24). The Morgan fingerprint density at radius 3 is 2.74 bits per heavy atom. The van der Waals surface area contributed by atoms with Crippen LogP contribution >= 0.6 is 11.6 Å². The van der Waals surface area contributed by atoms with E-state index in [-0.39, 0.29) is 11.3 Å². The van der Waals surface area contributed by atoms with E-state index in [0.717, 1.165) is 11.4 Å². The van der Waals surface area contributed by atoms with Crippen molar-refractivity contribution in [1.29, 1.82) is 0 Å². The van der Waals surface area contributed by atoms with E-state index in [1.807, 2.05) is 20.2 Å². The number of aromatic nitrogens is 3. The minimum Gasteiger partial charge on any atom is -0.366 e. The molecule has 27 heavy (non-hydrogen) atoms. The summed E-state index contributed by atoms with van der Waals surface area (Å²) in [5.74, 6) is -0.154. The number of halogens is 2. The van der Waals surface area contributed by atoms with Gasteiger partial charge < -0.3 is 16.4 Å². The molecule has 0 aliphatic rings. The highest BCUT2D eigenvalue weighted by Gasteiger charge is 2.15. The van der Waals surface area contributed by atoms with Gasteiger partial charge in [0.15, 0.2) is 0 Å². The number of nitrogens with one attached hydrogen (secondary N) is 2. The van der Waals surface area contributed by atoms with Crippen molar-refractivity contribution in [2.24, 2.45) is 12.8 Å². The van der Waals surface area contributed by atoms with Crippen LogP contribution in [0.4, 0.5) is 27.3 Å². The second-order valence-electron chi connectivity index (χ2n) is 5.94. The van der Waals surface area contributed by atoms with Crippen molar-refractivity contribution in [2.75, 3.05) is 10.6 Å². The minimum absolute atomic E-state index is 0.177. The monoisotopic (exact) mass is 388 g/mol. The number of hydrogen-bond acceptors (Lipinski definition) is 5. The van der Waals surface area contributed by atoms with Crippen LogP contribution in [0, 0.1) is 6.92 Å². The van der Waals surface area contributed by atoms with Gasteiger partial charge in [0, 0.05) is 24.9 Å². The average molecular weight is 389 g/mol. The number of amides is 1. The second kappa shape index (κ2) is 7.63. The molecule has 0 radical (unpaired) electrons. The number of para-hydroxylation sites is 1. The van der Waals surface area contributed by atoms with Gasteiger partial charge in [0.1, 0.15) is 12.5 Å². The molecular weight excluding hydrogens is 371 g/mol. The van der Waals surface area contributed by atoms with Crippen molar-refractivity contribution in [1.82, 2.24) is 14.8 Å². The van der Waals surface area contributed by atoms with E-state index in [1.54, 1.807) is 22.9 Å². The van der Waals surface area contributed by atoms with E-state index in [9.17, 15) is 9.18 Å². The summed E-state index contributed by atoms with van der Waals surface area (Å²) < 4.78 is 15.1. The van der Waals surface area contributed by atoms with Crippen molar-refractivity contribution in [2.45, 2.75) is 13.6 Å². The molecule has 3 aromatic rings. The largest absolute Gasteiger partial charge is 0.366 e. The summed E-state index contributed by atoms with van der Waals surface area (Å²) in [6.07, 6.45) is 3.28. The molecule has 0 fully saturated rings. The number of hydrogen-bond donors (Lipinski definition) is 3. The van der Waals surface area contributed by atoms with Crippen LogP contribution in [0.15, 0.2) is 36.7 Å². The number of aryl methyl sites for hydroxylation is 2. The molecular formula is C18H18ClFN6O. The van der Waals surface area contributed by atoms with Gasteiger partial charge in [0.25, 0.3) is 5.91 Å². The van der Waals surface area contributed by atoms with Crippen LogP contribution in [0.25, 0.3) is 0 Å². The molecule has 0 spiro atoms. The molecule has 0 unspecified atom stereocenters. The fraction of sp³-hybridized carbons (Fsp3) is 0.167. The predicted molar refractivity (Wildman–Crippen MR) is 104 cm³/mol. The molecule has 1 aromatic carbocycles. The van der Waals surface area contributed by atoms with Crippen molar-refractivity contribution in [3.8, 4) is 0 Å². The molecule has 7 nitrogen and oxygen atoms in total. The molecule has 2 heterocycles. The highest BCUT2D eigenvalue weighted by Crippen LogP contribution is 2.32. The molecule has 0 aliphatic carbocycles. The zero-order valence-corrected chi connectivity index (χ0v) is 15.5. The molecule has 0 saturated heterocycles. The molecule has 0 aliphatic heterocycles. The van der Waals surface area contributed by atoms with Crippen LogP contribution in [0.2, 0.25) is 5.02 Å². The quantitative estimate of drug-likeness (QED) is 0.596. The molecule has 4 N–H and O–H groups in total. The van der Waals surface area contributed by atoms with Gasteiger partial charge in [-0.15, -0.1) is 0 Å². The SMILES string of the molecule is Cc1nn(C)cc1Nc1cc(Nc2c(CF)cccc2C(N)=O)c(Cl)cn1. The van der Waals surface area contributed by atoms with Gasteiger partial charge in [-0.05, 0) is 13.0 Å². The predicted octanol–water partition coefficient (Wildman–Crippen LogP) is 3.83. The third-order valence-corrected chi connectivity index (χ3v) is 4.25. The topological polar surface area (TPSA) is 97.9 Å². The fourth-order valence-corrected chi connectivity index (χ4v) is 2.81. The van der Waals surface area contributed by atoms with E-state index in [2.05, 4.69) is 20.7 Å². The Bertz CT molecular complexity index is 1000. The lowest BCUT2D eigenvalue weighted by atomic mass is 10.1. The average Bonchev–Trinajstić information content (AvgIpc) is 2.94. The Labute approximate surface area is 160 Å². The van der Waals surface area contributed by atoms with Crippen LogP contribution in [-0.2, 0) is 13.7 Å². The lowest BCUT2D eigenvalue weighted by Gasteiger charge is -2.15. The smallest absolute Gasteiger partial charge is 0.250 e. The summed E-state index contributed by atoms with van der Waals surface area (Å²) in [6, 6.07) is 6.33. The van der Waals surface area contributed by atoms with Gasteiger partial charge in [-0.3, -0.25) is 9.48 Å². The summed E-state index contributed by atoms with van der Waals surface area (Å²) in [5.41, 5.74) is 8.23. The van der Waals surface area contributed by atoms with Gasteiger partial charge in [0.05, 0.1) is 39.5 Å². The van der Waals surface area contributed by atoms with E-state index < -0.39 is 12.6 Å². The number of benzene rings is 1. The van der Waals surface area contributed by atoms with Gasteiger partial charge in [0.2, 0.25) is 0 Å². The lowest BCUT2D eigenvalue weighted by Crippen LogP contribution is -2.14. The number of anilines is 4. The first-order chi connectivity index (χ1) is 12.9. The molecule has 0 saturated carbocycles. The number of primary amides is 1. The summed E-state index contributed by atoms with van der Waals surface area (Å²) in [6.45, 7) is 1.11. The van der Waals surface area contributed by atoms with E-state index in [4.69, 9.17) is 17.3 Å². The molecule has 3 rings (SSSR count). The van der Waals surface area contributed by atoms with Gasteiger partial charge >= 0.3 is 0 Å². The van der Waals surface area contributed by atoms with Crippen LogP contribution in [0.5, 0.6) is 0 Å². The van der Waals surface area contributed by atoms with Gasteiger partial charge in [-0.2, -0.15) is 5.10 Å². The number of pyridine rings is 1. The highest BCUT2D eigenvalue weighted by molar-refractivity contribution is 6.33. The Hall–Kier alpha value is -3.13. The first kappa shape index (κ1) is 18.7. The number of carbonyl (C=O) groups excluding carboxylic acids is 1. The number of nitrogens with zero attached hydrogens (tertiary/aromatic N) is 3.